The zero-order valence-electron chi connectivity index (χ0n) is 16.7. The van der Waals surface area contributed by atoms with Crippen molar-refractivity contribution in [3.05, 3.63) is 51.7 Å². The van der Waals surface area contributed by atoms with Crippen LogP contribution in [0.15, 0.2) is 24.3 Å². The highest BCUT2D eigenvalue weighted by Gasteiger charge is 2.25. The smallest absolute Gasteiger partial charge is 0.341 e. The van der Waals surface area contributed by atoms with E-state index in [4.69, 9.17) is 17.0 Å². The Labute approximate surface area is 180 Å². The van der Waals surface area contributed by atoms with Gasteiger partial charge in [0.2, 0.25) is 0 Å². The number of hydrogen-bond donors (Lipinski definition) is 2. The lowest BCUT2D eigenvalue weighted by Crippen LogP contribution is -2.30. The summed E-state index contributed by atoms with van der Waals surface area (Å²) in [5.41, 5.74) is 2.81. The van der Waals surface area contributed by atoms with E-state index in [1.807, 2.05) is 6.92 Å². The van der Waals surface area contributed by atoms with Gasteiger partial charge in [0.05, 0.1) is 12.2 Å². The molecule has 4 nitrogen and oxygen atoms in total. The second kappa shape index (κ2) is 10.7. The van der Waals surface area contributed by atoms with Crippen LogP contribution in [0.25, 0.3) is 0 Å². The van der Waals surface area contributed by atoms with Crippen molar-refractivity contribution in [2.24, 2.45) is 0 Å². The van der Waals surface area contributed by atoms with E-state index >= 15 is 0 Å². The molecule has 7 heteroatoms. The van der Waals surface area contributed by atoms with E-state index in [2.05, 4.69) is 10.6 Å². The number of rotatable bonds is 6. The number of ether oxygens (including phenoxy) is 1. The van der Waals surface area contributed by atoms with E-state index in [0.717, 1.165) is 48.2 Å². The van der Waals surface area contributed by atoms with E-state index in [0.29, 0.717) is 23.8 Å². The first-order valence-corrected chi connectivity index (χ1v) is 11.4. The van der Waals surface area contributed by atoms with Gasteiger partial charge in [-0.15, -0.1) is 11.3 Å². The largest absolute Gasteiger partial charge is 0.462 e. The van der Waals surface area contributed by atoms with E-state index in [-0.39, 0.29) is 11.8 Å². The Bertz CT molecular complexity index is 849. The molecule has 0 saturated heterocycles. The molecule has 0 unspecified atom stereocenters. The average molecular weight is 435 g/mol. The van der Waals surface area contributed by atoms with Crippen LogP contribution >= 0.6 is 23.6 Å². The van der Waals surface area contributed by atoms with Gasteiger partial charge in [-0.05, 0) is 74.5 Å². The molecule has 1 aromatic carbocycles. The first kappa shape index (κ1) is 21.7. The van der Waals surface area contributed by atoms with Crippen LogP contribution in [0.2, 0.25) is 0 Å². The van der Waals surface area contributed by atoms with Gasteiger partial charge in [0.25, 0.3) is 0 Å². The van der Waals surface area contributed by atoms with E-state index in [9.17, 15) is 9.18 Å². The fraction of sp³-hybridized carbons (Fsp3) is 0.455. The van der Waals surface area contributed by atoms with Crippen LogP contribution < -0.4 is 10.6 Å². The van der Waals surface area contributed by atoms with Crippen molar-refractivity contribution in [3.8, 4) is 0 Å². The van der Waals surface area contributed by atoms with Crippen LogP contribution in [0, 0.1) is 5.82 Å². The molecule has 0 aliphatic heterocycles. The summed E-state index contributed by atoms with van der Waals surface area (Å²) in [6.07, 6.45) is 7.31. The molecule has 1 heterocycles. The number of thiophene rings is 1. The third-order valence-corrected chi connectivity index (χ3v) is 6.44. The van der Waals surface area contributed by atoms with Crippen LogP contribution in [0.5, 0.6) is 0 Å². The minimum atomic E-state index is -0.276. The second-order valence-corrected chi connectivity index (χ2v) is 8.61. The minimum absolute atomic E-state index is 0.237. The van der Waals surface area contributed by atoms with Crippen molar-refractivity contribution in [2.45, 2.75) is 51.9 Å². The molecule has 0 atom stereocenters. The van der Waals surface area contributed by atoms with Crippen molar-refractivity contribution >= 4 is 39.6 Å². The van der Waals surface area contributed by atoms with E-state index in [1.54, 1.807) is 23.5 Å². The summed E-state index contributed by atoms with van der Waals surface area (Å²) in [5, 5.41) is 7.65. The van der Waals surface area contributed by atoms with E-state index in [1.165, 1.54) is 29.9 Å². The maximum Gasteiger partial charge on any atom is 0.341 e. The molecule has 0 saturated carbocycles. The molecule has 0 spiro atoms. The third kappa shape index (κ3) is 6.00. The Morgan fingerprint density at radius 3 is 2.62 bits per heavy atom. The van der Waals surface area contributed by atoms with Gasteiger partial charge in [0, 0.05) is 11.4 Å². The van der Waals surface area contributed by atoms with Crippen LogP contribution in [-0.2, 0) is 24.0 Å². The van der Waals surface area contributed by atoms with E-state index < -0.39 is 0 Å². The number of benzene rings is 1. The molecule has 1 aliphatic rings. The summed E-state index contributed by atoms with van der Waals surface area (Å²) in [4.78, 5) is 13.9. The number of carbonyl (C=O) groups is 1. The highest BCUT2D eigenvalue weighted by atomic mass is 32.1. The monoisotopic (exact) mass is 434 g/mol. The molecule has 156 valence electrons. The zero-order chi connectivity index (χ0) is 20.6. The van der Waals surface area contributed by atoms with Crippen molar-refractivity contribution in [3.63, 3.8) is 0 Å². The standard InChI is InChI=1S/C22H27FN2O2S2/c1-2-27-21(26)19-17-7-5-3-4-6-8-18(17)29-20(19)25-22(28)24-14-13-15-9-11-16(23)12-10-15/h9-12H,2-8,13-14H2,1H3,(H2,24,25,28). The van der Waals surface area contributed by atoms with Crippen molar-refractivity contribution in [1.29, 1.82) is 0 Å². The van der Waals surface area contributed by atoms with Gasteiger partial charge in [-0.3, -0.25) is 0 Å². The van der Waals surface area contributed by atoms with Gasteiger partial charge in [-0.1, -0.05) is 25.0 Å². The Morgan fingerprint density at radius 2 is 1.90 bits per heavy atom. The Kier molecular flexibility index (Phi) is 8.00. The van der Waals surface area contributed by atoms with Crippen LogP contribution in [0.3, 0.4) is 0 Å². The molecule has 1 aliphatic carbocycles. The van der Waals surface area contributed by atoms with Gasteiger partial charge in [0.1, 0.15) is 10.8 Å². The maximum atomic E-state index is 13.0. The maximum absolute atomic E-state index is 13.0. The minimum Gasteiger partial charge on any atom is -0.462 e. The second-order valence-electron chi connectivity index (χ2n) is 7.10. The first-order valence-electron chi connectivity index (χ1n) is 10.2. The quantitative estimate of drug-likeness (QED) is 0.480. The lowest BCUT2D eigenvalue weighted by atomic mass is 9.96. The number of anilines is 1. The number of carbonyl (C=O) groups excluding carboxylic acids is 1. The number of fused-ring (bicyclic) bond motifs is 1. The van der Waals surface area contributed by atoms with Crippen molar-refractivity contribution in [1.82, 2.24) is 5.32 Å². The topological polar surface area (TPSA) is 50.4 Å². The number of esters is 1. The molecular weight excluding hydrogens is 407 g/mol. The molecule has 3 rings (SSSR count). The van der Waals surface area contributed by atoms with Crippen LogP contribution in [-0.4, -0.2) is 24.2 Å². The predicted molar refractivity (Wildman–Crippen MR) is 120 cm³/mol. The third-order valence-electron chi connectivity index (χ3n) is 4.99. The highest BCUT2D eigenvalue weighted by Crippen LogP contribution is 2.37. The number of thiocarbonyl (C=S) groups is 1. The Balaban J connectivity index is 1.67. The highest BCUT2D eigenvalue weighted by molar-refractivity contribution is 7.80. The number of hydrogen-bond acceptors (Lipinski definition) is 4. The fourth-order valence-corrected chi connectivity index (χ4v) is 5.10. The van der Waals surface area contributed by atoms with Gasteiger partial charge < -0.3 is 15.4 Å². The summed E-state index contributed by atoms with van der Waals surface area (Å²) in [6, 6.07) is 6.45. The fourth-order valence-electron chi connectivity index (χ4n) is 3.55. The van der Waals surface area contributed by atoms with Crippen LogP contribution in [0.4, 0.5) is 9.39 Å². The van der Waals surface area contributed by atoms with Gasteiger partial charge in [-0.25, -0.2) is 9.18 Å². The number of halogens is 1. The van der Waals surface area contributed by atoms with Crippen molar-refractivity contribution in [2.75, 3.05) is 18.5 Å². The molecule has 0 radical (unpaired) electrons. The normalized spacial score (nSPS) is 13.7. The summed E-state index contributed by atoms with van der Waals surface area (Å²) in [5.74, 6) is -0.513. The lowest BCUT2D eigenvalue weighted by molar-refractivity contribution is 0.0526. The van der Waals surface area contributed by atoms with Gasteiger partial charge in [0.15, 0.2) is 5.11 Å². The molecular formula is C22H27FN2O2S2. The molecule has 2 aromatic rings. The Hall–Kier alpha value is -1.99. The Morgan fingerprint density at radius 1 is 1.17 bits per heavy atom. The summed E-state index contributed by atoms with van der Waals surface area (Å²) >= 11 is 7.07. The number of nitrogens with one attached hydrogen (secondary N) is 2. The summed E-state index contributed by atoms with van der Waals surface area (Å²) in [6.45, 7) is 2.79. The SMILES string of the molecule is CCOC(=O)c1c(NC(=S)NCCc2ccc(F)cc2)sc2c1CCCCCC2. The predicted octanol–water partition coefficient (Wildman–Crippen LogP) is 5.25. The van der Waals surface area contributed by atoms with Gasteiger partial charge in [-0.2, -0.15) is 0 Å². The molecule has 1 aromatic heterocycles. The summed E-state index contributed by atoms with van der Waals surface area (Å²) < 4.78 is 18.3. The molecule has 0 bridgehead atoms. The first-order chi connectivity index (χ1) is 14.1. The van der Waals surface area contributed by atoms with Crippen LogP contribution in [0.1, 0.15) is 59.0 Å². The lowest BCUT2D eigenvalue weighted by Gasteiger charge is -2.12. The number of aryl methyl sites for hydroxylation is 1. The average Bonchev–Trinajstić information content (AvgIpc) is 2.99. The van der Waals surface area contributed by atoms with Crippen molar-refractivity contribution < 1.29 is 13.9 Å². The molecule has 0 amide bonds. The molecule has 29 heavy (non-hydrogen) atoms. The molecule has 2 N–H and O–H groups in total. The summed E-state index contributed by atoms with van der Waals surface area (Å²) in [7, 11) is 0. The van der Waals surface area contributed by atoms with Gasteiger partial charge >= 0.3 is 5.97 Å². The zero-order valence-corrected chi connectivity index (χ0v) is 18.3. The molecule has 0 fully saturated rings.